The van der Waals surface area contributed by atoms with Crippen molar-refractivity contribution in [3.63, 3.8) is 0 Å². The number of rotatable bonds is 5. The lowest BCUT2D eigenvalue weighted by Gasteiger charge is -2.07. The summed E-state index contributed by atoms with van der Waals surface area (Å²) in [4.78, 5) is 12.3. The Balaban J connectivity index is 1.92. The van der Waals surface area contributed by atoms with E-state index in [1.165, 1.54) is 11.3 Å². The van der Waals surface area contributed by atoms with Gasteiger partial charge in [0.05, 0.1) is 24.4 Å². The van der Waals surface area contributed by atoms with Crippen LogP contribution in [0.5, 0.6) is 0 Å². The minimum absolute atomic E-state index is 0.303. The van der Waals surface area contributed by atoms with Crippen LogP contribution in [0.1, 0.15) is 27.9 Å². The van der Waals surface area contributed by atoms with E-state index in [1.807, 2.05) is 25.1 Å². The number of carbonyl (C=O) groups excluding carboxylic acids is 1. The zero-order valence-corrected chi connectivity index (χ0v) is 13.4. The predicted molar refractivity (Wildman–Crippen MR) is 86.8 cm³/mol. The first-order chi connectivity index (χ1) is 10.1. The van der Waals surface area contributed by atoms with Crippen LogP contribution in [0.2, 0.25) is 0 Å². The van der Waals surface area contributed by atoms with E-state index in [0.717, 1.165) is 16.3 Å². The summed E-state index contributed by atoms with van der Waals surface area (Å²) in [5.74, 6) is 0.497. The lowest BCUT2D eigenvalue weighted by Crippen LogP contribution is -2.27. The highest BCUT2D eigenvalue weighted by Crippen LogP contribution is 2.27. The third-order valence-corrected chi connectivity index (χ3v) is 4.00. The number of thiophene rings is 1. The van der Waals surface area contributed by atoms with Crippen LogP contribution in [-0.4, -0.2) is 17.7 Å². The van der Waals surface area contributed by atoms with E-state index in [1.54, 1.807) is 13.2 Å². The lowest BCUT2D eigenvalue weighted by atomic mass is 10.3. The number of anilines is 1. The fourth-order valence-electron chi connectivity index (χ4n) is 1.68. The maximum absolute atomic E-state index is 11.7. The number of carbonyl (C=O) groups is 1. The highest BCUT2D eigenvalue weighted by atomic mass is 32.1. The molecule has 0 radical (unpaired) electrons. The zero-order chi connectivity index (χ0) is 15.2. The second-order valence-corrected chi connectivity index (χ2v) is 5.69. The molecular weight excluding hydrogens is 308 g/mol. The van der Waals surface area contributed by atoms with Crippen LogP contribution in [0.25, 0.3) is 0 Å². The van der Waals surface area contributed by atoms with Gasteiger partial charge in [-0.2, -0.15) is 0 Å². The van der Waals surface area contributed by atoms with E-state index in [4.69, 9.17) is 21.4 Å². The minimum Gasteiger partial charge on any atom is -0.467 e. The summed E-state index contributed by atoms with van der Waals surface area (Å²) in [6.45, 7) is 4.52. The minimum atomic E-state index is -0.303. The van der Waals surface area contributed by atoms with E-state index in [9.17, 15) is 4.79 Å². The van der Waals surface area contributed by atoms with Crippen molar-refractivity contribution in [1.29, 1.82) is 0 Å². The Bertz CT molecular complexity index is 620. The second kappa shape index (κ2) is 7.24. The normalized spacial score (nSPS) is 10.2. The molecule has 0 bridgehead atoms. The molecule has 2 rings (SSSR count). The van der Waals surface area contributed by atoms with Gasteiger partial charge in [0.15, 0.2) is 5.11 Å². The van der Waals surface area contributed by atoms with Crippen LogP contribution in [0.4, 0.5) is 5.00 Å². The number of aryl methyl sites for hydroxylation is 1. The molecule has 0 saturated heterocycles. The molecule has 0 aliphatic rings. The largest absolute Gasteiger partial charge is 0.467 e. The summed E-state index contributed by atoms with van der Waals surface area (Å²) in [6.07, 6.45) is 1.61. The lowest BCUT2D eigenvalue weighted by molar-refractivity contribution is 0.0531. The van der Waals surface area contributed by atoms with Gasteiger partial charge in [-0.25, -0.2) is 4.79 Å². The third-order valence-electron chi connectivity index (χ3n) is 2.62. The molecule has 2 aromatic heterocycles. The first kappa shape index (κ1) is 15.5. The number of thiocarbonyl (C=S) groups is 1. The van der Waals surface area contributed by atoms with Gasteiger partial charge in [-0.3, -0.25) is 0 Å². The Morgan fingerprint density at radius 1 is 1.52 bits per heavy atom. The van der Waals surface area contributed by atoms with E-state index < -0.39 is 0 Å². The Hall–Kier alpha value is -1.86. The molecule has 112 valence electrons. The summed E-state index contributed by atoms with van der Waals surface area (Å²) >= 11 is 6.53. The predicted octanol–water partition coefficient (Wildman–Crippen LogP) is 3.31. The van der Waals surface area contributed by atoms with Crippen LogP contribution in [0.3, 0.4) is 0 Å². The Kier molecular flexibility index (Phi) is 5.35. The van der Waals surface area contributed by atoms with Gasteiger partial charge < -0.3 is 19.8 Å². The van der Waals surface area contributed by atoms with Crippen molar-refractivity contribution in [2.75, 3.05) is 11.9 Å². The monoisotopic (exact) mass is 324 g/mol. The standard InChI is InChI=1S/C14H16N2O3S2/c1-3-18-13(17)12-9(2)7-11(21-12)16-14(20)15-8-10-5-4-6-19-10/h4-7H,3,8H2,1-2H3,(H2,15,16,20). The molecule has 5 nitrogen and oxygen atoms in total. The quantitative estimate of drug-likeness (QED) is 0.650. The Morgan fingerprint density at radius 3 is 3.00 bits per heavy atom. The molecule has 0 aromatic carbocycles. The second-order valence-electron chi connectivity index (χ2n) is 4.23. The molecular formula is C14H16N2O3S2. The van der Waals surface area contributed by atoms with Crippen molar-refractivity contribution in [3.05, 3.63) is 40.7 Å². The van der Waals surface area contributed by atoms with Gasteiger partial charge in [0.25, 0.3) is 0 Å². The smallest absolute Gasteiger partial charge is 0.348 e. The van der Waals surface area contributed by atoms with E-state index in [0.29, 0.717) is 23.1 Å². The highest BCUT2D eigenvalue weighted by Gasteiger charge is 2.15. The number of hydrogen-bond donors (Lipinski definition) is 2. The average Bonchev–Trinajstić information content (AvgIpc) is 3.06. The van der Waals surface area contributed by atoms with Gasteiger partial charge in [0.2, 0.25) is 0 Å². The summed E-state index contributed by atoms with van der Waals surface area (Å²) in [5, 5.41) is 7.36. The molecule has 0 unspecified atom stereocenters. The topological polar surface area (TPSA) is 63.5 Å². The van der Waals surface area contributed by atoms with Crippen molar-refractivity contribution in [3.8, 4) is 0 Å². The SMILES string of the molecule is CCOC(=O)c1sc(NC(=S)NCc2ccco2)cc1C. The molecule has 0 spiro atoms. The molecule has 0 saturated carbocycles. The number of furan rings is 1. The van der Waals surface area contributed by atoms with E-state index in [2.05, 4.69) is 10.6 Å². The third kappa shape index (κ3) is 4.30. The van der Waals surface area contributed by atoms with E-state index >= 15 is 0 Å². The fourth-order valence-corrected chi connectivity index (χ4v) is 2.90. The molecule has 2 N–H and O–H groups in total. The maximum Gasteiger partial charge on any atom is 0.348 e. The maximum atomic E-state index is 11.7. The van der Waals surface area contributed by atoms with Crippen molar-refractivity contribution in [2.45, 2.75) is 20.4 Å². The van der Waals surface area contributed by atoms with Crippen LogP contribution >= 0.6 is 23.6 Å². The summed E-state index contributed by atoms with van der Waals surface area (Å²) in [6, 6.07) is 5.56. The average molecular weight is 324 g/mol. The first-order valence-corrected chi connectivity index (χ1v) is 7.67. The summed E-state index contributed by atoms with van der Waals surface area (Å²) in [7, 11) is 0. The van der Waals surface area contributed by atoms with Crippen molar-refractivity contribution in [2.24, 2.45) is 0 Å². The van der Waals surface area contributed by atoms with Crippen LogP contribution in [0.15, 0.2) is 28.9 Å². The Labute approximate surface area is 132 Å². The van der Waals surface area contributed by atoms with Gasteiger partial charge in [-0.1, -0.05) is 0 Å². The molecule has 21 heavy (non-hydrogen) atoms. The molecule has 0 atom stereocenters. The Morgan fingerprint density at radius 2 is 2.33 bits per heavy atom. The molecule has 7 heteroatoms. The molecule has 0 aliphatic heterocycles. The summed E-state index contributed by atoms with van der Waals surface area (Å²) in [5.41, 5.74) is 0.870. The van der Waals surface area contributed by atoms with Gasteiger partial charge in [-0.15, -0.1) is 11.3 Å². The zero-order valence-electron chi connectivity index (χ0n) is 11.8. The van der Waals surface area contributed by atoms with Crippen LogP contribution in [0, 0.1) is 6.92 Å². The fraction of sp³-hybridized carbons (Fsp3) is 0.286. The van der Waals surface area contributed by atoms with Gasteiger partial charge in [-0.05, 0) is 49.8 Å². The van der Waals surface area contributed by atoms with Crippen LogP contribution < -0.4 is 10.6 Å². The number of hydrogen-bond acceptors (Lipinski definition) is 5. The number of esters is 1. The molecule has 0 fully saturated rings. The molecule has 2 aromatic rings. The molecule has 0 amide bonds. The van der Waals surface area contributed by atoms with Gasteiger partial charge in [0.1, 0.15) is 10.6 Å². The summed E-state index contributed by atoms with van der Waals surface area (Å²) < 4.78 is 10.2. The van der Waals surface area contributed by atoms with Crippen molar-refractivity contribution < 1.29 is 13.9 Å². The van der Waals surface area contributed by atoms with Crippen LogP contribution in [-0.2, 0) is 11.3 Å². The highest BCUT2D eigenvalue weighted by molar-refractivity contribution is 7.80. The number of ether oxygens (including phenoxy) is 1. The first-order valence-electron chi connectivity index (χ1n) is 6.45. The van der Waals surface area contributed by atoms with E-state index in [-0.39, 0.29) is 5.97 Å². The van der Waals surface area contributed by atoms with Gasteiger partial charge >= 0.3 is 5.97 Å². The van der Waals surface area contributed by atoms with Crippen molar-refractivity contribution in [1.82, 2.24) is 5.32 Å². The number of nitrogens with one attached hydrogen (secondary N) is 2. The van der Waals surface area contributed by atoms with Gasteiger partial charge in [0, 0.05) is 0 Å². The van der Waals surface area contributed by atoms with Crippen molar-refractivity contribution >= 4 is 39.6 Å². The molecule has 0 aliphatic carbocycles. The molecule has 2 heterocycles.